The maximum Gasteiger partial charge on any atom is 0.339 e. The first-order valence-electron chi connectivity index (χ1n) is 7.64. The molecule has 0 spiro atoms. The number of aromatic carboxylic acids is 1. The van der Waals surface area contributed by atoms with Gasteiger partial charge in [-0.2, -0.15) is 0 Å². The Hall–Kier alpha value is -2.44. The van der Waals surface area contributed by atoms with Gasteiger partial charge in [0, 0.05) is 12.1 Å². The van der Waals surface area contributed by atoms with Crippen molar-refractivity contribution < 1.29 is 24.4 Å². The van der Waals surface area contributed by atoms with Crippen LogP contribution >= 0.6 is 0 Å². The van der Waals surface area contributed by atoms with Crippen LogP contribution < -0.4 is 0 Å². The Morgan fingerprint density at radius 2 is 1.91 bits per heavy atom. The third kappa shape index (κ3) is 5.05. The Labute approximate surface area is 134 Å². The van der Waals surface area contributed by atoms with E-state index in [1.165, 1.54) is 6.07 Å². The monoisotopic (exact) mass is 323 g/mol. The van der Waals surface area contributed by atoms with Crippen LogP contribution in [0.1, 0.15) is 65.8 Å². The number of non-ortho nitro benzene ring substituents is 1. The fourth-order valence-electron chi connectivity index (χ4n) is 2.35. The second-order valence-corrected chi connectivity index (χ2v) is 5.12. The van der Waals surface area contributed by atoms with E-state index in [1.807, 2.05) is 0 Å². The number of benzene rings is 1. The normalized spacial score (nSPS) is 10.3. The third-order valence-electron chi connectivity index (χ3n) is 3.42. The van der Waals surface area contributed by atoms with Gasteiger partial charge in [0.25, 0.3) is 5.69 Å². The van der Waals surface area contributed by atoms with E-state index in [0.29, 0.717) is 18.4 Å². The molecule has 0 aliphatic carbocycles. The van der Waals surface area contributed by atoms with Crippen molar-refractivity contribution >= 4 is 17.6 Å². The molecule has 0 heterocycles. The number of hydrogen-bond acceptors (Lipinski definition) is 5. The van der Waals surface area contributed by atoms with E-state index in [2.05, 4.69) is 6.92 Å². The lowest BCUT2D eigenvalue weighted by atomic mass is 9.95. The van der Waals surface area contributed by atoms with Gasteiger partial charge in [-0.25, -0.2) is 9.59 Å². The predicted octanol–water partition coefficient (Wildman–Crippen LogP) is 3.59. The van der Waals surface area contributed by atoms with Gasteiger partial charge in [-0.3, -0.25) is 10.1 Å². The summed E-state index contributed by atoms with van der Waals surface area (Å²) in [6.07, 6.45) is 4.00. The van der Waals surface area contributed by atoms with E-state index in [0.717, 1.165) is 25.3 Å². The molecule has 0 atom stereocenters. The molecule has 0 radical (unpaired) electrons. The van der Waals surface area contributed by atoms with Gasteiger partial charge in [0.05, 0.1) is 22.7 Å². The van der Waals surface area contributed by atoms with Crippen LogP contribution in [0.2, 0.25) is 0 Å². The Bertz CT molecular complexity index is 596. The minimum absolute atomic E-state index is 0.0619. The van der Waals surface area contributed by atoms with Gasteiger partial charge in [-0.1, -0.05) is 26.2 Å². The fraction of sp³-hybridized carbons (Fsp3) is 0.500. The number of rotatable bonds is 9. The Morgan fingerprint density at radius 1 is 1.22 bits per heavy atom. The van der Waals surface area contributed by atoms with Crippen LogP contribution in [0.25, 0.3) is 0 Å². The largest absolute Gasteiger partial charge is 0.478 e. The highest BCUT2D eigenvalue weighted by molar-refractivity contribution is 6.04. The summed E-state index contributed by atoms with van der Waals surface area (Å²) >= 11 is 0. The lowest BCUT2D eigenvalue weighted by molar-refractivity contribution is -0.385. The number of nitrogens with zero attached hydrogens (tertiary/aromatic N) is 1. The number of aryl methyl sites for hydroxylation is 1. The molecule has 0 bridgehead atoms. The van der Waals surface area contributed by atoms with Crippen LogP contribution in [0.15, 0.2) is 12.1 Å². The van der Waals surface area contributed by atoms with E-state index in [4.69, 9.17) is 4.74 Å². The zero-order valence-electron chi connectivity index (χ0n) is 13.3. The Kier molecular flexibility index (Phi) is 7.18. The van der Waals surface area contributed by atoms with Crippen LogP contribution in [0.5, 0.6) is 0 Å². The van der Waals surface area contributed by atoms with Crippen LogP contribution in [-0.4, -0.2) is 28.6 Å². The molecule has 0 aromatic heterocycles. The standard InChI is InChI=1S/C16H21NO6/c1-3-5-6-7-8-11-9-12(17(21)22)10-13(14(11)15(18)19)16(20)23-4-2/h9-10H,3-8H2,1-2H3,(H,18,19). The number of carbonyl (C=O) groups is 2. The maximum absolute atomic E-state index is 12.0. The lowest BCUT2D eigenvalue weighted by Crippen LogP contribution is -2.15. The van der Waals surface area contributed by atoms with Crippen molar-refractivity contribution in [3.8, 4) is 0 Å². The van der Waals surface area contributed by atoms with Crippen molar-refractivity contribution in [1.82, 2.24) is 0 Å². The number of hydrogen-bond donors (Lipinski definition) is 1. The second-order valence-electron chi connectivity index (χ2n) is 5.12. The zero-order chi connectivity index (χ0) is 17.4. The number of ether oxygens (including phenoxy) is 1. The molecule has 0 fully saturated rings. The van der Waals surface area contributed by atoms with Gasteiger partial charge in [0.15, 0.2) is 0 Å². The minimum Gasteiger partial charge on any atom is -0.478 e. The number of esters is 1. The number of carbonyl (C=O) groups excluding carboxylic acids is 1. The van der Waals surface area contributed by atoms with Gasteiger partial charge in [0.1, 0.15) is 0 Å². The molecule has 1 N–H and O–H groups in total. The SMILES string of the molecule is CCCCCCc1cc([N+](=O)[O-])cc(C(=O)OCC)c1C(=O)O. The van der Waals surface area contributed by atoms with Crippen LogP contribution in [0.3, 0.4) is 0 Å². The average Bonchev–Trinajstić information content (AvgIpc) is 2.50. The lowest BCUT2D eigenvalue weighted by Gasteiger charge is -2.11. The van der Waals surface area contributed by atoms with Crippen LogP contribution in [0.4, 0.5) is 5.69 Å². The van der Waals surface area contributed by atoms with E-state index in [9.17, 15) is 24.8 Å². The molecule has 1 aromatic rings. The smallest absolute Gasteiger partial charge is 0.339 e. The van der Waals surface area contributed by atoms with Crippen molar-refractivity contribution in [3.05, 3.63) is 38.9 Å². The number of carboxylic acids is 1. The molecule has 0 unspecified atom stereocenters. The summed E-state index contributed by atoms with van der Waals surface area (Å²) < 4.78 is 4.83. The highest BCUT2D eigenvalue weighted by Crippen LogP contribution is 2.25. The minimum atomic E-state index is -1.28. The number of nitro benzene ring substituents is 1. The summed E-state index contributed by atoms with van der Waals surface area (Å²) in [5.41, 5.74) is -0.473. The second kappa shape index (κ2) is 8.87. The Morgan fingerprint density at radius 3 is 2.43 bits per heavy atom. The molecule has 0 saturated heterocycles. The van der Waals surface area contributed by atoms with E-state index >= 15 is 0 Å². The van der Waals surface area contributed by atoms with Crippen LogP contribution in [-0.2, 0) is 11.2 Å². The molecule has 0 aliphatic heterocycles. The number of unbranched alkanes of at least 4 members (excludes halogenated alkanes) is 3. The first-order chi connectivity index (χ1) is 10.9. The van der Waals surface area contributed by atoms with Crippen molar-refractivity contribution in [1.29, 1.82) is 0 Å². The van der Waals surface area contributed by atoms with Gasteiger partial charge < -0.3 is 9.84 Å². The summed E-state index contributed by atoms with van der Waals surface area (Å²) in [5, 5.41) is 20.5. The van der Waals surface area contributed by atoms with Crippen molar-refractivity contribution in [3.63, 3.8) is 0 Å². The molecule has 7 heteroatoms. The highest BCUT2D eigenvalue weighted by Gasteiger charge is 2.25. The Balaban J connectivity index is 3.30. The van der Waals surface area contributed by atoms with Gasteiger partial charge >= 0.3 is 11.9 Å². The average molecular weight is 323 g/mol. The molecule has 1 rings (SSSR count). The molecule has 0 saturated carbocycles. The summed E-state index contributed by atoms with van der Waals surface area (Å²) in [7, 11) is 0. The van der Waals surface area contributed by atoms with Gasteiger partial charge in [-0.05, 0) is 25.3 Å². The van der Waals surface area contributed by atoms with Gasteiger partial charge in [0.2, 0.25) is 0 Å². The summed E-state index contributed by atoms with van der Waals surface area (Å²) in [4.78, 5) is 33.9. The first kappa shape index (κ1) is 18.6. The number of carboxylic acid groups (broad SMARTS) is 1. The summed E-state index contributed by atoms with van der Waals surface area (Å²) in [6.45, 7) is 3.70. The molecular weight excluding hydrogens is 302 g/mol. The van der Waals surface area contributed by atoms with E-state index in [1.54, 1.807) is 6.92 Å². The molecule has 1 aromatic carbocycles. The zero-order valence-corrected chi connectivity index (χ0v) is 13.3. The third-order valence-corrected chi connectivity index (χ3v) is 3.42. The predicted molar refractivity (Wildman–Crippen MR) is 83.9 cm³/mol. The van der Waals surface area contributed by atoms with Crippen molar-refractivity contribution in [2.75, 3.05) is 6.61 Å². The highest BCUT2D eigenvalue weighted by atomic mass is 16.6. The topological polar surface area (TPSA) is 107 Å². The molecular formula is C16H21NO6. The quantitative estimate of drug-likeness (QED) is 0.322. The van der Waals surface area contributed by atoms with Crippen LogP contribution in [0, 0.1) is 10.1 Å². The molecule has 7 nitrogen and oxygen atoms in total. The molecule has 0 aliphatic rings. The van der Waals surface area contributed by atoms with Gasteiger partial charge in [-0.15, -0.1) is 0 Å². The summed E-state index contributed by atoms with van der Waals surface area (Å²) in [6, 6.07) is 2.20. The van der Waals surface area contributed by atoms with E-state index < -0.39 is 16.9 Å². The number of nitro groups is 1. The maximum atomic E-state index is 12.0. The molecule has 0 amide bonds. The first-order valence-corrected chi connectivity index (χ1v) is 7.64. The van der Waals surface area contributed by atoms with E-state index in [-0.39, 0.29) is 23.4 Å². The molecule has 126 valence electrons. The molecule has 23 heavy (non-hydrogen) atoms. The summed E-state index contributed by atoms with van der Waals surface area (Å²) in [5.74, 6) is -2.14. The fourth-order valence-corrected chi connectivity index (χ4v) is 2.35. The van der Waals surface area contributed by atoms with Crippen molar-refractivity contribution in [2.45, 2.75) is 46.0 Å². The van der Waals surface area contributed by atoms with Crippen molar-refractivity contribution in [2.24, 2.45) is 0 Å².